The Kier molecular flexibility index (Phi) is 5.61. The number of benzene rings is 1. The standard InChI is InChI=1S/C17H15Cl2NO2/c1-11(17(21)14-4-3-7-20-9-14)12(2)22-10-13-5-6-15(18)16(19)8-13/h3-9,17,21H,1-2,10H2. The summed E-state index contributed by atoms with van der Waals surface area (Å²) in [7, 11) is 0. The van der Waals surface area contributed by atoms with Gasteiger partial charge in [0.05, 0.1) is 10.0 Å². The molecule has 0 fully saturated rings. The van der Waals surface area contributed by atoms with Crippen molar-refractivity contribution in [3.63, 3.8) is 0 Å². The van der Waals surface area contributed by atoms with Gasteiger partial charge in [-0.1, -0.05) is 48.5 Å². The number of nitrogens with zero attached hydrogens (tertiary/aromatic N) is 1. The molecule has 2 rings (SSSR count). The fourth-order valence-electron chi connectivity index (χ4n) is 1.78. The highest BCUT2D eigenvalue weighted by atomic mass is 35.5. The van der Waals surface area contributed by atoms with Crippen molar-refractivity contribution in [2.45, 2.75) is 12.7 Å². The van der Waals surface area contributed by atoms with Crippen LogP contribution in [0.2, 0.25) is 10.0 Å². The lowest BCUT2D eigenvalue weighted by molar-refractivity contribution is 0.170. The smallest absolute Gasteiger partial charge is 0.118 e. The lowest BCUT2D eigenvalue weighted by Crippen LogP contribution is -2.05. The number of aliphatic hydroxyl groups is 1. The second-order valence-electron chi connectivity index (χ2n) is 4.67. The Bertz CT molecular complexity index is 686. The summed E-state index contributed by atoms with van der Waals surface area (Å²) in [6.07, 6.45) is 2.30. The minimum atomic E-state index is -0.907. The number of aliphatic hydroxyl groups excluding tert-OH is 1. The van der Waals surface area contributed by atoms with Gasteiger partial charge in [-0.2, -0.15) is 0 Å². The molecule has 0 spiro atoms. The molecular formula is C17H15Cl2NO2. The first-order valence-electron chi connectivity index (χ1n) is 6.52. The van der Waals surface area contributed by atoms with E-state index in [1.165, 1.54) is 0 Å². The number of pyridine rings is 1. The van der Waals surface area contributed by atoms with Crippen LogP contribution >= 0.6 is 23.2 Å². The summed E-state index contributed by atoms with van der Waals surface area (Å²) in [5.74, 6) is 0.308. The number of hydrogen-bond acceptors (Lipinski definition) is 3. The third-order valence-corrected chi connectivity index (χ3v) is 3.82. The van der Waals surface area contributed by atoms with Crippen molar-refractivity contribution in [3.8, 4) is 0 Å². The van der Waals surface area contributed by atoms with Gasteiger partial charge in [0.25, 0.3) is 0 Å². The molecule has 0 saturated heterocycles. The van der Waals surface area contributed by atoms with Crippen molar-refractivity contribution in [3.05, 3.63) is 88.4 Å². The van der Waals surface area contributed by atoms with Crippen LogP contribution in [0.5, 0.6) is 0 Å². The van der Waals surface area contributed by atoms with Crippen molar-refractivity contribution >= 4 is 23.2 Å². The second-order valence-corrected chi connectivity index (χ2v) is 5.49. The van der Waals surface area contributed by atoms with E-state index in [4.69, 9.17) is 27.9 Å². The van der Waals surface area contributed by atoms with Crippen LogP contribution in [-0.2, 0) is 11.3 Å². The molecular weight excluding hydrogens is 321 g/mol. The van der Waals surface area contributed by atoms with Crippen LogP contribution < -0.4 is 0 Å². The molecule has 0 radical (unpaired) electrons. The Labute approximate surface area is 139 Å². The van der Waals surface area contributed by atoms with E-state index in [2.05, 4.69) is 18.1 Å². The zero-order valence-corrected chi connectivity index (χ0v) is 13.3. The monoisotopic (exact) mass is 335 g/mol. The van der Waals surface area contributed by atoms with Crippen LogP contribution in [0, 0.1) is 0 Å². The molecule has 0 amide bonds. The van der Waals surface area contributed by atoms with E-state index in [-0.39, 0.29) is 6.61 Å². The summed E-state index contributed by atoms with van der Waals surface area (Å²) in [5, 5.41) is 11.2. The van der Waals surface area contributed by atoms with Gasteiger partial charge in [-0.3, -0.25) is 4.98 Å². The molecule has 1 aromatic carbocycles. The molecule has 1 atom stereocenters. The predicted molar refractivity (Wildman–Crippen MR) is 88.7 cm³/mol. The predicted octanol–water partition coefficient (Wildman–Crippen LogP) is 4.71. The first-order valence-corrected chi connectivity index (χ1v) is 7.27. The second kappa shape index (κ2) is 7.45. The highest BCUT2D eigenvalue weighted by molar-refractivity contribution is 6.42. The topological polar surface area (TPSA) is 42.4 Å². The molecule has 3 nitrogen and oxygen atoms in total. The largest absolute Gasteiger partial charge is 0.489 e. The van der Waals surface area contributed by atoms with E-state index in [0.717, 1.165) is 5.56 Å². The summed E-state index contributed by atoms with van der Waals surface area (Å²) in [4.78, 5) is 3.96. The fraction of sp³-hybridized carbons (Fsp3) is 0.118. The van der Waals surface area contributed by atoms with Crippen LogP contribution in [0.1, 0.15) is 17.2 Å². The van der Waals surface area contributed by atoms with E-state index < -0.39 is 6.10 Å². The van der Waals surface area contributed by atoms with Crippen LogP contribution in [0.25, 0.3) is 0 Å². The first-order chi connectivity index (χ1) is 10.5. The SMILES string of the molecule is C=C(OCc1ccc(Cl)c(Cl)c1)C(=C)C(O)c1cccnc1. The normalized spacial score (nSPS) is 11.8. The number of aromatic nitrogens is 1. The average molecular weight is 336 g/mol. The van der Waals surface area contributed by atoms with Crippen molar-refractivity contribution in [1.82, 2.24) is 4.98 Å². The maximum absolute atomic E-state index is 10.2. The number of halogens is 2. The highest BCUT2D eigenvalue weighted by Gasteiger charge is 2.15. The molecule has 0 bridgehead atoms. The number of hydrogen-bond donors (Lipinski definition) is 1. The van der Waals surface area contributed by atoms with Crippen molar-refractivity contribution < 1.29 is 9.84 Å². The van der Waals surface area contributed by atoms with Gasteiger partial charge in [0.1, 0.15) is 18.5 Å². The van der Waals surface area contributed by atoms with Crippen LogP contribution in [-0.4, -0.2) is 10.1 Å². The Morgan fingerprint density at radius 3 is 2.64 bits per heavy atom. The van der Waals surface area contributed by atoms with Crippen LogP contribution in [0.4, 0.5) is 0 Å². The molecule has 0 aliphatic heterocycles. The molecule has 0 aliphatic carbocycles. The minimum absolute atomic E-state index is 0.258. The molecule has 1 N–H and O–H groups in total. The van der Waals surface area contributed by atoms with E-state index in [1.54, 1.807) is 36.7 Å². The van der Waals surface area contributed by atoms with E-state index in [1.807, 2.05) is 6.07 Å². The Morgan fingerprint density at radius 2 is 2.00 bits per heavy atom. The van der Waals surface area contributed by atoms with Crippen molar-refractivity contribution in [1.29, 1.82) is 0 Å². The zero-order valence-electron chi connectivity index (χ0n) is 11.8. The summed E-state index contributed by atoms with van der Waals surface area (Å²) in [6.45, 7) is 7.88. The Morgan fingerprint density at radius 1 is 1.23 bits per heavy atom. The lowest BCUT2D eigenvalue weighted by atomic mass is 10.0. The van der Waals surface area contributed by atoms with Gasteiger partial charge in [-0.25, -0.2) is 0 Å². The summed E-state index contributed by atoms with van der Waals surface area (Å²) in [6, 6.07) is 8.73. The fourth-order valence-corrected chi connectivity index (χ4v) is 2.10. The average Bonchev–Trinajstić information content (AvgIpc) is 2.55. The zero-order chi connectivity index (χ0) is 16.1. The summed E-state index contributed by atoms with van der Waals surface area (Å²) in [5.41, 5.74) is 1.86. The first kappa shape index (κ1) is 16.6. The molecule has 1 aromatic heterocycles. The molecule has 0 aliphatic rings. The third kappa shape index (κ3) is 4.10. The summed E-state index contributed by atoms with van der Waals surface area (Å²) < 4.78 is 5.55. The quantitative estimate of drug-likeness (QED) is 0.614. The van der Waals surface area contributed by atoms with Gasteiger partial charge < -0.3 is 9.84 Å². The molecule has 22 heavy (non-hydrogen) atoms. The Balaban J connectivity index is 1.97. The van der Waals surface area contributed by atoms with E-state index in [9.17, 15) is 5.11 Å². The van der Waals surface area contributed by atoms with Crippen molar-refractivity contribution in [2.75, 3.05) is 0 Å². The molecule has 1 heterocycles. The van der Waals surface area contributed by atoms with Gasteiger partial charge in [0, 0.05) is 23.5 Å². The van der Waals surface area contributed by atoms with Crippen LogP contribution in [0.3, 0.4) is 0 Å². The lowest BCUT2D eigenvalue weighted by Gasteiger charge is -2.17. The maximum atomic E-state index is 10.2. The molecule has 114 valence electrons. The molecule has 2 aromatic rings. The number of ether oxygens (including phenoxy) is 1. The van der Waals surface area contributed by atoms with E-state index >= 15 is 0 Å². The van der Waals surface area contributed by atoms with Gasteiger partial charge >= 0.3 is 0 Å². The van der Waals surface area contributed by atoms with Crippen LogP contribution in [0.15, 0.2) is 67.2 Å². The third-order valence-electron chi connectivity index (χ3n) is 3.09. The molecule has 1 unspecified atom stereocenters. The Hall–Kier alpha value is -1.81. The maximum Gasteiger partial charge on any atom is 0.118 e. The van der Waals surface area contributed by atoms with Crippen molar-refractivity contribution in [2.24, 2.45) is 0 Å². The van der Waals surface area contributed by atoms with Gasteiger partial charge in [0.15, 0.2) is 0 Å². The summed E-state index contributed by atoms with van der Waals surface area (Å²) >= 11 is 11.8. The minimum Gasteiger partial charge on any atom is -0.489 e. The number of rotatable bonds is 6. The highest BCUT2D eigenvalue weighted by Crippen LogP contribution is 2.27. The van der Waals surface area contributed by atoms with Gasteiger partial charge in [0.2, 0.25) is 0 Å². The van der Waals surface area contributed by atoms with Gasteiger partial charge in [-0.15, -0.1) is 0 Å². The molecule has 5 heteroatoms. The molecule has 0 saturated carbocycles. The van der Waals surface area contributed by atoms with E-state index in [0.29, 0.717) is 26.9 Å². The van der Waals surface area contributed by atoms with Gasteiger partial charge in [-0.05, 0) is 23.8 Å².